The molecule has 0 aliphatic carbocycles. The second kappa shape index (κ2) is 4.26. The van der Waals surface area contributed by atoms with E-state index < -0.39 is 0 Å². The van der Waals surface area contributed by atoms with Gasteiger partial charge in [0.1, 0.15) is 11.3 Å². The van der Waals surface area contributed by atoms with E-state index in [9.17, 15) is 4.79 Å². The van der Waals surface area contributed by atoms with Gasteiger partial charge in [0.15, 0.2) is 0 Å². The van der Waals surface area contributed by atoms with Crippen LogP contribution in [0.3, 0.4) is 0 Å². The molecule has 2 heterocycles. The Morgan fingerprint density at radius 2 is 2.40 bits per heavy atom. The molecule has 0 radical (unpaired) electrons. The zero-order valence-electron chi connectivity index (χ0n) is 8.87. The van der Waals surface area contributed by atoms with E-state index in [4.69, 9.17) is 4.52 Å². The molecule has 1 unspecified atom stereocenters. The Morgan fingerprint density at radius 3 is 2.93 bits per heavy atom. The standard InChI is InChI=1S/C10H14N2O2S/c1-6-9(7(2)14-12-6)10(13)11-8-3-4-15-5-8/h8H,3-5H2,1-2H3,(H,11,13). The van der Waals surface area contributed by atoms with Gasteiger partial charge in [-0.1, -0.05) is 5.16 Å². The van der Waals surface area contributed by atoms with Gasteiger partial charge in [-0.05, 0) is 26.0 Å². The number of thioether (sulfide) groups is 1. The molecule has 4 nitrogen and oxygen atoms in total. The fraction of sp³-hybridized carbons (Fsp3) is 0.600. The van der Waals surface area contributed by atoms with Crippen LogP contribution in [0.5, 0.6) is 0 Å². The quantitative estimate of drug-likeness (QED) is 0.830. The molecule has 1 saturated heterocycles. The van der Waals surface area contributed by atoms with E-state index in [2.05, 4.69) is 10.5 Å². The molecule has 0 bridgehead atoms. The largest absolute Gasteiger partial charge is 0.361 e. The van der Waals surface area contributed by atoms with E-state index in [0.29, 0.717) is 23.1 Å². The van der Waals surface area contributed by atoms with Gasteiger partial charge in [0.25, 0.3) is 5.91 Å². The van der Waals surface area contributed by atoms with Gasteiger partial charge >= 0.3 is 0 Å². The second-order valence-corrected chi connectivity index (χ2v) is 4.88. The van der Waals surface area contributed by atoms with Gasteiger partial charge in [0, 0.05) is 11.8 Å². The summed E-state index contributed by atoms with van der Waals surface area (Å²) in [5, 5.41) is 6.77. The number of nitrogens with zero attached hydrogens (tertiary/aromatic N) is 1. The van der Waals surface area contributed by atoms with Crippen molar-refractivity contribution in [3.8, 4) is 0 Å². The fourth-order valence-electron chi connectivity index (χ4n) is 1.71. The minimum absolute atomic E-state index is 0.0567. The minimum Gasteiger partial charge on any atom is -0.361 e. The molecule has 15 heavy (non-hydrogen) atoms. The first-order valence-electron chi connectivity index (χ1n) is 5.00. The lowest BCUT2D eigenvalue weighted by Crippen LogP contribution is -2.35. The van der Waals surface area contributed by atoms with Crippen molar-refractivity contribution in [2.45, 2.75) is 26.3 Å². The first-order valence-corrected chi connectivity index (χ1v) is 6.15. The fourth-order valence-corrected chi connectivity index (χ4v) is 2.87. The van der Waals surface area contributed by atoms with Gasteiger partial charge in [0.05, 0.1) is 5.69 Å². The second-order valence-electron chi connectivity index (χ2n) is 3.73. The maximum absolute atomic E-state index is 11.9. The van der Waals surface area contributed by atoms with E-state index in [-0.39, 0.29) is 5.91 Å². The number of carbonyl (C=O) groups excluding carboxylic acids is 1. The number of rotatable bonds is 2. The first-order chi connectivity index (χ1) is 7.18. The van der Waals surface area contributed by atoms with Crippen LogP contribution in [0.1, 0.15) is 28.2 Å². The molecule has 1 aliphatic heterocycles. The normalized spacial score (nSPS) is 20.5. The molecule has 0 aromatic carbocycles. The van der Waals surface area contributed by atoms with E-state index in [0.717, 1.165) is 17.9 Å². The third-order valence-corrected chi connectivity index (χ3v) is 3.69. The number of nitrogens with one attached hydrogen (secondary N) is 1. The molecule has 1 aromatic heterocycles. The smallest absolute Gasteiger partial charge is 0.257 e. The van der Waals surface area contributed by atoms with Crippen molar-refractivity contribution in [3.05, 3.63) is 17.0 Å². The van der Waals surface area contributed by atoms with E-state index in [1.165, 1.54) is 0 Å². The lowest BCUT2D eigenvalue weighted by atomic mass is 10.1. The number of aryl methyl sites for hydroxylation is 2. The van der Waals surface area contributed by atoms with Crippen LogP contribution >= 0.6 is 11.8 Å². The molecule has 1 aliphatic rings. The summed E-state index contributed by atoms with van der Waals surface area (Å²) >= 11 is 1.88. The SMILES string of the molecule is Cc1noc(C)c1C(=O)NC1CCSC1. The van der Waals surface area contributed by atoms with Crippen LogP contribution < -0.4 is 5.32 Å². The molecule has 2 rings (SSSR count). The summed E-state index contributed by atoms with van der Waals surface area (Å²) in [5.74, 6) is 2.68. The number of hydrogen-bond acceptors (Lipinski definition) is 4. The van der Waals surface area contributed by atoms with Crippen LogP contribution in [0.25, 0.3) is 0 Å². The lowest BCUT2D eigenvalue weighted by Gasteiger charge is -2.10. The lowest BCUT2D eigenvalue weighted by molar-refractivity contribution is 0.0939. The summed E-state index contributed by atoms with van der Waals surface area (Å²) in [4.78, 5) is 11.9. The zero-order valence-corrected chi connectivity index (χ0v) is 9.69. The molecular weight excluding hydrogens is 212 g/mol. The summed E-state index contributed by atoms with van der Waals surface area (Å²) in [6.07, 6.45) is 1.06. The maximum atomic E-state index is 11.9. The summed E-state index contributed by atoms with van der Waals surface area (Å²) in [5.41, 5.74) is 1.25. The highest BCUT2D eigenvalue weighted by atomic mass is 32.2. The highest BCUT2D eigenvalue weighted by Gasteiger charge is 2.22. The summed E-state index contributed by atoms with van der Waals surface area (Å²) < 4.78 is 4.96. The van der Waals surface area contributed by atoms with E-state index in [1.807, 2.05) is 11.8 Å². The molecule has 1 aromatic rings. The topological polar surface area (TPSA) is 55.1 Å². The average molecular weight is 226 g/mol. The van der Waals surface area contributed by atoms with Crippen LogP contribution in [0.4, 0.5) is 0 Å². The Balaban J connectivity index is 2.07. The number of aromatic nitrogens is 1. The van der Waals surface area contributed by atoms with Crippen LogP contribution in [0, 0.1) is 13.8 Å². The molecule has 1 atom stereocenters. The van der Waals surface area contributed by atoms with Gasteiger partial charge in [0.2, 0.25) is 0 Å². The monoisotopic (exact) mass is 226 g/mol. The number of amides is 1. The van der Waals surface area contributed by atoms with Crippen molar-refractivity contribution >= 4 is 17.7 Å². The summed E-state index contributed by atoms with van der Waals surface area (Å²) in [6, 6.07) is 0.302. The Morgan fingerprint density at radius 1 is 1.60 bits per heavy atom. The minimum atomic E-state index is -0.0567. The van der Waals surface area contributed by atoms with Crippen LogP contribution in [-0.2, 0) is 0 Å². The Bertz CT molecular complexity index is 350. The van der Waals surface area contributed by atoms with Crippen molar-refractivity contribution < 1.29 is 9.32 Å². The molecule has 0 saturated carbocycles. The molecule has 1 fully saturated rings. The molecule has 82 valence electrons. The van der Waals surface area contributed by atoms with Gasteiger partial charge < -0.3 is 9.84 Å². The van der Waals surface area contributed by atoms with E-state index >= 15 is 0 Å². The predicted molar refractivity (Wildman–Crippen MR) is 59.2 cm³/mol. The Labute approximate surface area is 92.8 Å². The maximum Gasteiger partial charge on any atom is 0.257 e. The third-order valence-electron chi connectivity index (χ3n) is 2.53. The number of carbonyl (C=O) groups is 1. The van der Waals surface area contributed by atoms with Crippen molar-refractivity contribution in [3.63, 3.8) is 0 Å². The van der Waals surface area contributed by atoms with Crippen molar-refractivity contribution in [1.82, 2.24) is 10.5 Å². The molecule has 1 amide bonds. The van der Waals surface area contributed by atoms with Crippen molar-refractivity contribution in [2.24, 2.45) is 0 Å². The Kier molecular flexibility index (Phi) is 3.00. The van der Waals surface area contributed by atoms with Crippen molar-refractivity contribution in [2.75, 3.05) is 11.5 Å². The molecule has 1 N–H and O–H groups in total. The number of hydrogen-bond donors (Lipinski definition) is 1. The van der Waals surface area contributed by atoms with Gasteiger partial charge in [-0.2, -0.15) is 11.8 Å². The van der Waals surface area contributed by atoms with E-state index in [1.54, 1.807) is 13.8 Å². The van der Waals surface area contributed by atoms with Gasteiger partial charge in [-0.15, -0.1) is 0 Å². The summed E-state index contributed by atoms with van der Waals surface area (Å²) in [6.45, 7) is 3.55. The average Bonchev–Trinajstić information content (AvgIpc) is 2.77. The third kappa shape index (κ3) is 2.17. The van der Waals surface area contributed by atoms with Crippen molar-refractivity contribution in [1.29, 1.82) is 0 Å². The predicted octanol–water partition coefficient (Wildman–Crippen LogP) is 1.53. The highest BCUT2D eigenvalue weighted by molar-refractivity contribution is 7.99. The highest BCUT2D eigenvalue weighted by Crippen LogP contribution is 2.18. The molecular formula is C10H14N2O2S. The van der Waals surface area contributed by atoms with Gasteiger partial charge in [-0.25, -0.2) is 0 Å². The first kappa shape index (κ1) is 10.5. The van der Waals surface area contributed by atoms with Crippen LogP contribution in [0.2, 0.25) is 0 Å². The van der Waals surface area contributed by atoms with Crippen LogP contribution in [0.15, 0.2) is 4.52 Å². The Hall–Kier alpha value is -0.970. The molecule has 0 spiro atoms. The summed E-state index contributed by atoms with van der Waals surface area (Å²) in [7, 11) is 0. The van der Waals surface area contributed by atoms with Crippen LogP contribution in [-0.4, -0.2) is 28.6 Å². The zero-order chi connectivity index (χ0) is 10.8. The van der Waals surface area contributed by atoms with Gasteiger partial charge in [-0.3, -0.25) is 4.79 Å². The molecule has 5 heteroatoms.